The molecule has 0 bridgehead atoms. The van der Waals surface area contributed by atoms with Crippen LogP contribution in [0.25, 0.3) is 0 Å². The van der Waals surface area contributed by atoms with Crippen LogP contribution in [-0.4, -0.2) is 56.6 Å². The molecule has 1 saturated heterocycles. The number of aromatic nitrogens is 2. The molecule has 28 heavy (non-hydrogen) atoms. The Morgan fingerprint density at radius 1 is 1.00 bits per heavy atom. The van der Waals surface area contributed by atoms with E-state index in [1.54, 1.807) is 29.2 Å². The van der Waals surface area contributed by atoms with Crippen molar-refractivity contribution >= 4 is 29.5 Å². The summed E-state index contributed by atoms with van der Waals surface area (Å²) in [6.07, 6.45) is 3.54. The van der Waals surface area contributed by atoms with Crippen LogP contribution in [0.4, 0.5) is 0 Å². The predicted molar refractivity (Wildman–Crippen MR) is 101 cm³/mol. The summed E-state index contributed by atoms with van der Waals surface area (Å²) in [7, 11) is 0. The number of carbonyl (C=O) groups is 3. The third kappa shape index (κ3) is 3.80. The second-order valence-corrected chi connectivity index (χ2v) is 7.79. The zero-order chi connectivity index (χ0) is 19.5. The number of likely N-dealkylation sites (tertiary alicyclic amines) is 1. The molecule has 9 heteroatoms. The van der Waals surface area contributed by atoms with Gasteiger partial charge in [-0.1, -0.05) is 30.3 Å². The summed E-state index contributed by atoms with van der Waals surface area (Å²) in [5, 5.41) is 8.37. The van der Waals surface area contributed by atoms with Crippen molar-refractivity contribution in [2.24, 2.45) is 0 Å². The molecular formula is C19H20N4O4S. The van der Waals surface area contributed by atoms with Gasteiger partial charge in [0.1, 0.15) is 0 Å². The van der Waals surface area contributed by atoms with Crippen molar-refractivity contribution < 1.29 is 18.8 Å². The number of imide groups is 1. The van der Waals surface area contributed by atoms with Gasteiger partial charge in [-0.2, -0.15) is 0 Å². The lowest BCUT2D eigenvalue weighted by atomic mass is 10.1. The van der Waals surface area contributed by atoms with E-state index in [9.17, 15) is 14.4 Å². The third-order valence-electron chi connectivity index (χ3n) is 4.86. The Morgan fingerprint density at radius 3 is 2.50 bits per heavy atom. The average Bonchev–Trinajstić information content (AvgIpc) is 3.17. The smallest absolute Gasteiger partial charge is 0.276 e. The third-order valence-corrected chi connectivity index (χ3v) is 5.66. The number of amides is 3. The fourth-order valence-corrected chi connectivity index (χ4v) is 4.10. The van der Waals surface area contributed by atoms with E-state index in [1.165, 1.54) is 16.7 Å². The number of fused-ring (bicyclic) bond motifs is 1. The molecule has 0 aliphatic carbocycles. The van der Waals surface area contributed by atoms with E-state index in [1.807, 2.05) is 0 Å². The summed E-state index contributed by atoms with van der Waals surface area (Å²) < 4.78 is 5.61. The van der Waals surface area contributed by atoms with Crippen molar-refractivity contribution in [3.8, 4) is 0 Å². The summed E-state index contributed by atoms with van der Waals surface area (Å²) in [6.45, 7) is 1.30. The highest BCUT2D eigenvalue weighted by Gasteiger charge is 2.34. The fraction of sp³-hybridized carbons (Fsp3) is 0.421. The van der Waals surface area contributed by atoms with Gasteiger partial charge in [0, 0.05) is 25.3 Å². The molecule has 146 valence electrons. The minimum absolute atomic E-state index is 0.121. The largest absolute Gasteiger partial charge is 0.414 e. The minimum Gasteiger partial charge on any atom is -0.414 e. The van der Waals surface area contributed by atoms with Crippen molar-refractivity contribution in [3.05, 3.63) is 41.3 Å². The molecule has 0 N–H and O–H groups in total. The first kappa shape index (κ1) is 18.7. The Labute approximate surface area is 166 Å². The van der Waals surface area contributed by atoms with E-state index in [0.717, 1.165) is 19.3 Å². The lowest BCUT2D eigenvalue weighted by Crippen LogP contribution is -2.31. The highest BCUT2D eigenvalue weighted by atomic mass is 32.2. The number of thioether (sulfide) groups is 1. The first-order valence-corrected chi connectivity index (χ1v) is 10.3. The van der Waals surface area contributed by atoms with Crippen LogP contribution in [-0.2, 0) is 11.3 Å². The van der Waals surface area contributed by atoms with Gasteiger partial charge < -0.3 is 9.32 Å². The molecule has 1 aromatic heterocycles. The van der Waals surface area contributed by atoms with Crippen LogP contribution in [0.2, 0.25) is 0 Å². The van der Waals surface area contributed by atoms with Gasteiger partial charge in [0.2, 0.25) is 11.8 Å². The number of hydrogen-bond acceptors (Lipinski definition) is 7. The molecule has 3 heterocycles. The standard InChI is InChI=1S/C19H20N4O4S/c24-16-8-2-1-5-9-22(16)12-15-20-21-19(27-15)28-11-10-23-17(25)13-6-3-4-7-14(13)18(23)26/h3-4,6-7H,1-2,5,8-12H2. The van der Waals surface area contributed by atoms with Crippen molar-refractivity contribution in [1.82, 2.24) is 20.0 Å². The molecule has 0 spiro atoms. The van der Waals surface area contributed by atoms with Gasteiger partial charge in [0.15, 0.2) is 0 Å². The van der Waals surface area contributed by atoms with Crippen LogP contribution in [0.5, 0.6) is 0 Å². The van der Waals surface area contributed by atoms with E-state index >= 15 is 0 Å². The van der Waals surface area contributed by atoms with Gasteiger partial charge in [-0.3, -0.25) is 19.3 Å². The Kier molecular flexibility index (Phi) is 5.43. The maximum absolute atomic E-state index is 12.3. The average molecular weight is 400 g/mol. The molecule has 1 fully saturated rings. The summed E-state index contributed by atoms with van der Waals surface area (Å²) in [4.78, 5) is 39.7. The molecule has 3 amide bonds. The normalized spacial score (nSPS) is 17.2. The number of carbonyl (C=O) groups excluding carboxylic acids is 3. The summed E-state index contributed by atoms with van der Waals surface area (Å²) in [5.74, 6) is 0.434. The van der Waals surface area contributed by atoms with E-state index in [4.69, 9.17) is 4.42 Å². The van der Waals surface area contributed by atoms with Crippen molar-refractivity contribution in [2.75, 3.05) is 18.8 Å². The Morgan fingerprint density at radius 2 is 1.75 bits per heavy atom. The van der Waals surface area contributed by atoms with Crippen molar-refractivity contribution in [1.29, 1.82) is 0 Å². The van der Waals surface area contributed by atoms with E-state index in [-0.39, 0.29) is 24.3 Å². The molecule has 8 nitrogen and oxygen atoms in total. The van der Waals surface area contributed by atoms with Gasteiger partial charge in [0.25, 0.3) is 17.0 Å². The molecule has 2 aliphatic rings. The molecule has 2 aromatic rings. The van der Waals surface area contributed by atoms with Gasteiger partial charge in [-0.25, -0.2) is 0 Å². The zero-order valence-corrected chi connectivity index (χ0v) is 16.1. The maximum atomic E-state index is 12.3. The molecule has 0 unspecified atom stereocenters. The molecular weight excluding hydrogens is 380 g/mol. The lowest BCUT2D eigenvalue weighted by Gasteiger charge is -2.17. The molecule has 0 saturated carbocycles. The number of nitrogens with zero attached hydrogens (tertiary/aromatic N) is 4. The molecule has 1 aromatic carbocycles. The van der Waals surface area contributed by atoms with E-state index < -0.39 is 0 Å². The first-order valence-electron chi connectivity index (χ1n) is 9.31. The molecule has 0 radical (unpaired) electrons. The van der Waals surface area contributed by atoms with Crippen molar-refractivity contribution in [2.45, 2.75) is 37.5 Å². The van der Waals surface area contributed by atoms with Crippen LogP contribution in [0.3, 0.4) is 0 Å². The number of hydrogen-bond donors (Lipinski definition) is 0. The van der Waals surface area contributed by atoms with Crippen LogP contribution < -0.4 is 0 Å². The Hall–Kier alpha value is -2.68. The maximum Gasteiger partial charge on any atom is 0.276 e. The Balaban J connectivity index is 1.30. The second-order valence-electron chi connectivity index (χ2n) is 6.74. The molecule has 4 rings (SSSR count). The van der Waals surface area contributed by atoms with E-state index in [0.29, 0.717) is 47.5 Å². The summed E-state index contributed by atoms with van der Waals surface area (Å²) in [6, 6.07) is 6.82. The van der Waals surface area contributed by atoms with Gasteiger partial charge >= 0.3 is 0 Å². The zero-order valence-electron chi connectivity index (χ0n) is 15.3. The summed E-state index contributed by atoms with van der Waals surface area (Å²) in [5.41, 5.74) is 0.888. The van der Waals surface area contributed by atoms with Crippen LogP contribution in [0, 0.1) is 0 Å². The monoisotopic (exact) mass is 400 g/mol. The lowest BCUT2D eigenvalue weighted by molar-refractivity contribution is -0.131. The van der Waals surface area contributed by atoms with Crippen LogP contribution in [0.15, 0.2) is 33.9 Å². The fourth-order valence-electron chi connectivity index (χ4n) is 3.40. The van der Waals surface area contributed by atoms with Crippen LogP contribution in [0.1, 0.15) is 52.3 Å². The summed E-state index contributed by atoms with van der Waals surface area (Å²) >= 11 is 1.29. The highest BCUT2D eigenvalue weighted by molar-refractivity contribution is 7.99. The minimum atomic E-state index is -0.271. The van der Waals surface area contributed by atoms with E-state index in [2.05, 4.69) is 10.2 Å². The predicted octanol–water partition coefficient (Wildman–Crippen LogP) is 2.36. The topological polar surface area (TPSA) is 96.6 Å². The van der Waals surface area contributed by atoms with Crippen LogP contribution >= 0.6 is 11.8 Å². The van der Waals surface area contributed by atoms with Crippen molar-refractivity contribution in [3.63, 3.8) is 0 Å². The second kappa shape index (κ2) is 8.14. The molecule has 2 aliphatic heterocycles. The van der Waals surface area contributed by atoms with Gasteiger partial charge in [-0.05, 0) is 25.0 Å². The quantitative estimate of drug-likeness (QED) is 0.542. The highest BCUT2D eigenvalue weighted by Crippen LogP contribution is 2.24. The Bertz CT molecular complexity index is 878. The first-order chi connectivity index (χ1) is 13.6. The molecule has 0 atom stereocenters. The SMILES string of the molecule is O=C1CCCCCN1Cc1nnc(SCCN2C(=O)c3ccccc3C2=O)o1. The number of rotatable bonds is 6. The number of benzene rings is 1. The van der Waals surface area contributed by atoms with Gasteiger partial charge in [-0.15, -0.1) is 10.2 Å². The van der Waals surface area contributed by atoms with Gasteiger partial charge in [0.05, 0.1) is 17.7 Å².